The van der Waals surface area contributed by atoms with E-state index in [-0.39, 0.29) is 0 Å². The molecule has 0 amide bonds. The molecule has 0 radical (unpaired) electrons. The average Bonchev–Trinajstić information content (AvgIpc) is 3.27. The number of anilines is 1. The minimum atomic E-state index is -1.10. The normalized spacial score (nSPS) is 27.9. The molecular weight excluding hydrogens is 324 g/mol. The lowest BCUT2D eigenvalue weighted by Gasteiger charge is -2.33. The van der Waals surface area contributed by atoms with Crippen LogP contribution in [-0.4, -0.2) is 10.3 Å². The number of allylic oxidation sites excluding steroid dienone is 1. The fraction of sp³-hybridized carbons (Fsp3) is 0.667. The minimum absolute atomic E-state index is 0.421. The summed E-state index contributed by atoms with van der Waals surface area (Å²) in [6.45, 7) is 6.46. The Labute approximate surface area is 145 Å². The molecule has 5 heteroatoms. The fourth-order valence-electron chi connectivity index (χ4n) is 3.70. The standard InChI is InChI=1S/C18H26N2OS2/c1-11-9-14(10-11)20-23(21)17-15-5-3-4-6-16(15)22-18(17)19-12(2)13-7-8-13/h11,13-14,19-20H,2-10H2,1H3. The van der Waals surface area contributed by atoms with Gasteiger partial charge in [-0.25, -0.2) is 8.93 Å². The first-order chi connectivity index (χ1) is 11.1. The Morgan fingerprint density at radius 3 is 2.70 bits per heavy atom. The van der Waals surface area contributed by atoms with Crippen LogP contribution in [0.25, 0.3) is 0 Å². The Morgan fingerprint density at radius 2 is 2.00 bits per heavy atom. The van der Waals surface area contributed by atoms with Gasteiger partial charge in [-0.2, -0.15) is 0 Å². The van der Waals surface area contributed by atoms with Crippen molar-refractivity contribution >= 4 is 27.3 Å². The number of aryl methyl sites for hydroxylation is 1. The molecule has 2 N–H and O–H groups in total. The van der Waals surface area contributed by atoms with Gasteiger partial charge in [-0.1, -0.05) is 13.5 Å². The topological polar surface area (TPSA) is 41.1 Å². The van der Waals surface area contributed by atoms with Crippen molar-refractivity contribution in [3.63, 3.8) is 0 Å². The summed E-state index contributed by atoms with van der Waals surface area (Å²) in [5.41, 5.74) is 2.46. The van der Waals surface area contributed by atoms with Crippen LogP contribution >= 0.6 is 11.3 Å². The molecule has 1 aromatic rings. The summed E-state index contributed by atoms with van der Waals surface area (Å²) < 4.78 is 16.4. The van der Waals surface area contributed by atoms with Gasteiger partial charge in [0.05, 0.1) is 4.90 Å². The molecule has 2 fully saturated rings. The first kappa shape index (κ1) is 15.9. The van der Waals surface area contributed by atoms with E-state index in [0.29, 0.717) is 12.0 Å². The van der Waals surface area contributed by atoms with E-state index < -0.39 is 11.0 Å². The quantitative estimate of drug-likeness (QED) is 0.800. The molecule has 3 nitrogen and oxygen atoms in total. The highest BCUT2D eigenvalue weighted by molar-refractivity contribution is 7.83. The number of hydrogen-bond donors (Lipinski definition) is 2. The fourth-order valence-corrected chi connectivity index (χ4v) is 6.62. The van der Waals surface area contributed by atoms with Crippen molar-refractivity contribution in [2.75, 3.05) is 5.32 Å². The van der Waals surface area contributed by atoms with E-state index in [9.17, 15) is 4.21 Å². The summed E-state index contributed by atoms with van der Waals surface area (Å²) >= 11 is 1.81. The van der Waals surface area contributed by atoms with E-state index in [1.807, 2.05) is 11.3 Å². The second-order valence-corrected chi connectivity index (χ2v) is 9.74. The number of hydrogen-bond acceptors (Lipinski definition) is 3. The van der Waals surface area contributed by atoms with Gasteiger partial charge in [0.1, 0.15) is 16.0 Å². The predicted octanol–water partition coefficient (Wildman–Crippen LogP) is 4.37. The highest BCUT2D eigenvalue weighted by Crippen LogP contribution is 2.43. The molecule has 3 aliphatic carbocycles. The van der Waals surface area contributed by atoms with Crippen molar-refractivity contribution in [2.24, 2.45) is 11.8 Å². The second kappa shape index (κ2) is 6.34. The number of fused-ring (bicyclic) bond motifs is 1. The zero-order valence-electron chi connectivity index (χ0n) is 13.8. The summed E-state index contributed by atoms with van der Waals surface area (Å²) in [6.07, 6.45) is 9.48. The Morgan fingerprint density at radius 1 is 1.26 bits per heavy atom. The van der Waals surface area contributed by atoms with E-state index in [4.69, 9.17) is 0 Å². The molecule has 0 saturated heterocycles. The summed E-state index contributed by atoms with van der Waals surface area (Å²) in [5.74, 6) is 1.39. The smallest absolute Gasteiger partial charge is 0.128 e. The van der Waals surface area contributed by atoms with Crippen LogP contribution in [0.15, 0.2) is 17.2 Å². The Bertz CT molecular complexity index is 642. The van der Waals surface area contributed by atoms with Crippen molar-refractivity contribution in [3.8, 4) is 0 Å². The Kier molecular flexibility index (Phi) is 4.37. The third kappa shape index (κ3) is 3.28. The molecule has 0 aromatic carbocycles. The third-order valence-electron chi connectivity index (χ3n) is 5.30. The zero-order chi connectivity index (χ0) is 16.0. The Hall–Kier alpha value is -0.650. The molecular formula is C18H26N2OS2. The molecule has 3 aliphatic rings. The van der Waals surface area contributed by atoms with Crippen LogP contribution in [0, 0.1) is 11.8 Å². The maximum absolute atomic E-state index is 13.0. The van der Waals surface area contributed by atoms with Crippen molar-refractivity contribution < 1.29 is 4.21 Å². The van der Waals surface area contributed by atoms with Crippen LogP contribution in [-0.2, 0) is 23.8 Å². The number of nitrogens with one attached hydrogen (secondary N) is 2. The number of thiophene rings is 1. The monoisotopic (exact) mass is 350 g/mol. The van der Waals surface area contributed by atoms with E-state index in [0.717, 1.165) is 47.2 Å². The maximum atomic E-state index is 13.0. The van der Waals surface area contributed by atoms with Gasteiger partial charge < -0.3 is 5.32 Å². The summed E-state index contributed by atoms with van der Waals surface area (Å²) in [7, 11) is -1.10. The van der Waals surface area contributed by atoms with Crippen LogP contribution in [0.4, 0.5) is 5.00 Å². The first-order valence-corrected chi connectivity index (χ1v) is 10.9. The molecule has 0 spiro atoms. The molecule has 2 saturated carbocycles. The number of rotatable bonds is 6. The highest BCUT2D eigenvalue weighted by atomic mass is 32.2. The molecule has 126 valence electrons. The molecule has 23 heavy (non-hydrogen) atoms. The van der Waals surface area contributed by atoms with Crippen molar-refractivity contribution in [1.29, 1.82) is 0 Å². The molecule has 1 unspecified atom stereocenters. The van der Waals surface area contributed by atoms with E-state index in [2.05, 4.69) is 23.5 Å². The van der Waals surface area contributed by atoms with Gasteiger partial charge in [-0.15, -0.1) is 11.3 Å². The van der Waals surface area contributed by atoms with E-state index >= 15 is 0 Å². The molecule has 1 heterocycles. The van der Waals surface area contributed by atoms with Crippen LogP contribution in [0.2, 0.25) is 0 Å². The van der Waals surface area contributed by atoms with Gasteiger partial charge in [0.25, 0.3) is 0 Å². The molecule has 0 aliphatic heterocycles. The van der Waals surface area contributed by atoms with Crippen molar-refractivity contribution in [1.82, 2.24) is 4.72 Å². The Balaban J connectivity index is 1.58. The van der Waals surface area contributed by atoms with Gasteiger partial charge in [-0.05, 0) is 68.8 Å². The zero-order valence-corrected chi connectivity index (χ0v) is 15.5. The van der Waals surface area contributed by atoms with E-state index in [1.165, 1.54) is 36.1 Å². The first-order valence-electron chi connectivity index (χ1n) is 8.90. The highest BCUT2D eigenvalue weighted by Gasteiger charge is 2.32. The van der Waals surface area contributed by atoms with Gasteiger partial charge >= 0.3 is 0 Å². The largest absolute Gasteiger partial charge is 0.350 e. The lowest BCUT2D eigenvalue weighted by molar-refractivity contribution is 0.273. The lowest BCUT2D eigenvalue weighted by Crippen LogP contribution is -2.41. The third-order valence-corrected chi connectivity index (χ3v) is 8.01. The van der Waals surface area contributed by atoms with Gasteiger partial charge in [0.15, 0.2) is 0 Å². The van der Waals surface area contributed by atoms with Gasteiger partial charge in [0.2, 0.25) is 0 Å². The van der Waals surface area contributed by atoms with Crippen LogP contribution < -0.4 is 10.0 Å². The van der Waals surface area contributed by atoms with Crippen LogP contribution in [0.3, 0.4) is 0 Å². The van der Waals surface area contributed by atoms with Crippen molar-refractivity contribution in [3.05, 3.63) is 22.7 Å². The summed E-state index contributed by atoms with van der Waals surface area (Å²) in [6, 6.07) is 0.421. The van der Waals surface area contributed by atoms with Crippen LogP contribution in [0.5, 0.6) is 0 Å². The molecule has 1 aromatic heterocycles. The molecule has 1 atom stereocenters. The molecule has 4 rings (SSSR count). The maximum Gasteiger partial charge on any atom is 0.128 e. The van der Waals surface area contributed by atoms with Gasteiger partial charge in [-0.3, -0.25) is 0 Å². The molecule has 0 bridgehead atoms. The summed E-state index contributed by atoms with van der Waals surface area (Å²) in [4.78, 5) is 2.47. The SMILES string of the molecule is C=C(Nc1sc2c(c1S(=O)NC1CC(C)C1)CCCC2)C1CC1. The predicted molar refractivity (Wildman–Crippen MR) is 98.2 cm³/mol. The minimum Gasteiger partial charge on any atom is -0.350 e. The average molecular weight is 351 g/mol. The second-order valence-electron chi connectivity index (χ2n) is 7.45. The summed E-state index contributed by atoms with van der Waals surface area (Å²) in [5, 5.41) is 4.61. The van der Waals surface area contributed by atoms with Gasteiger partial charge in [0, 0.05) is 16.6 Å². The lowest BCUT2D eigenvalue weighted by atomic mass is 9.83. The van der Waals surface area contributed by atoms with E-state index in [1.54, 1.807) is 0 Å². The van der Waals surface area contributed by atoms with Crippen molar-refractivity contribution in [2.45, 2.75) is 69.2 Å². The van der Waals surface area contributed by atoms with Crippen LogP contribution in [0.1, 0.15) is 55.9 Å².